The average molecular weight is 415 g/mol. The molecular weight excluding hydrogens is 390 g/mol. The predicted octanol–water partition coefficient (Wildman–Crippen LogP) is 5.07. The quantitative estimate of drug-likeness (QED) is 0.347. The van der Waals surface area contributed by atoms with Crippen LogP contribution >= 0.6 is 0 Å². The highest BCUT2D eigenvalue weighted by Crippen LogP contribution is 2.43. The molecule has 3 aromatic rings. The van der Waals surface area contributed by atoms with E-state index in [2.05, 4.69) is 0 Å². The molecule has 1 unspecified atom stereocenters. The molecule has 1 aliphatic rings. The van der Waals surface area contributed by atoms with E-state index >= 15 is 0 Å². The maximum absolute atomic E-state index is 13.2. The van der Waals surface area contributed by atoms with Gasteiger partial charge in [0.25, 0.3) is 11.7 Å². The van der Waals surface area contributed by atoms with Crippen LogP contribution in [0.1, 0.15) is 36.9 Å². The number of Topliss-reactive ketones (excluding diaryl/α,β-unsaturated/α-hetero) is 1. The predicted molar refractivity (Wildman–Crippen MR) is 121 cm³/mol. The summed E-state index contributed by atoms with van der Waals surface area (Å²) in [6.07, 6.45) is 1.65. The number of methoxy groups -OCH3 is 1. The zero-order valence-electron chi connectivity index (χ0n) is 17.7. The number of likely N-dealkylation sites (tertiary alicyclic amines) is 1. The number of fused-ring (bicyclic) bond motifs is 1. The molecule has 0 bridgehead atoms. The number of carbonyl (C=O) groups excluding carboxylic acids is 2. The fraction of sp³-hybridized carbons (Fsp3) is 0.231. The highest BCUT2D eigenvalue weighted by molar-refractivity contribution is 6.46. The number of rotatable bonds is 6. The highest BCUT2D eigenvalue weighted by Gasteiger charge is 2.46. The number of hydrogen-bond acceptors (Lipinski definition) is 4. The minimum atomic E-state index is -0.669. The van der Waals surface area contributed by atoms with Crippen LogP contribution in [0, 0.1) is 0 Å². The van der Waals surface area contributed by atoms with E-state index in [1.165, 1.54) is 7.11 Å². The van der Waals surface area contributed by atoms with E-state index in [1.807, 2.05) is 49.4 Å². The van der Waals surface area contributed by atoms with Crippen molar-refractivity contribution in [3.05, 3.63) is 83.4 Å². The monoisotopic (exact) mass is 415 g/mol. The van der Waals surface area contributed by atoms with Gasteiger partial charge in [-0.2, -0.15) is 0 Å². The van der Waals surface area contributed by atoms with Crippen molar-refractivity contribution in [2.45, 2.75) is 25.8 Å². The van der Waals surface area contributed by atoms with Crippen molar-refractivity contribution < 1.29 is 19.4 Å². The van der Waals surface area contributed by atoms with Crippen LogP contribution < -0.4 is 4.74 Å². The zero-order chi connectivity index (χ0) is 22.0. The normalized spacial score (nSPS) is 18.0. The molecule has 5 nitrogen and oxygen atoms in total. The van der Waals surface area contributed by atoms with Gasteiger partial charge in [-0.15, -0.1) is 0 Å². The Morgan fingerprint density at radius 3 is 2.48 bits per heavy atom. The van der Waals surface area contributed by atoms with E-state index in [4.69, 9.17) is 4.74 Å². The third kappa shape index (κ3) is 3.56. The van der Waals surface area contributed by atoms with Gasteiger partial charge < -0.3 is 14.7 Å². The van der Waals surface area contributed by atoms with Gasteiger partial charge in [-0.05, 0) is 34.9 Å². The molecular formula is C26H25NO4. The first-order valence-electron chi connectivity index (χ1n) is 10.5. The first kappa shape index (κ1) is 20.7. The number of amides is 1. The highest BCUT2D eigenvalue weighted by atomic mass is 16.5. The summed E-state index contributed by atoms with van der Waals surface area (Å²) in [7, 11) is 1.51. The first-order chi connectivity index (χ1) is 15.1. The molecule has 158 valence electrons. The van der Waals surface area contributed by atoms with Crippen molar-refractivity contribution in [3.63, 3.8) is 0 Å². The molecule has 3 aromatic carbocycles. The molecule has 0 aliphatic carbocycles. The third-order valence-electron chi connectivity index (χ3n) is 5.77. The average Bonchev–Trinajstić information content (AvgIpc) is 3.06. The van der Waals surface area contributed by atoms with Crippen molar-refractivity contribution in [3.8, 4) is 5.75 Å². The molecule has 0 saturated carbocycles. The summed E-state index contributed by atoms with van der Waals surface area (Å²) in [5.41, 5.74) is 1.32. The topological polar surface area (TPSA) is 66.8 Å². The van der Waals surface area contributed by atoms with Crippen LogP contribution in [-0.2, 0) is 9.59 Å². The van der Waals surface area contributed by atoms with Gasteiger partial charge in [0.05, 0.1) is 24.3 Å². The number of carbonyl (C=O) groups is 2. The number of aliphatic hydroxyl groups is 1. The minimum Gasteiger partial charge on any atom is -0.507 e. The molecule has 1 atom stereocenters. The Kier molecular flexibility index (Phi) is 5.76. The number of benzene rings is 3. The second-order valence-electron chi connectivity index (χ2n) is 7.61. The Morgan fingerprint density at radius 1 is 1.00 bits per heavy atom. The molecule has 1 saturated heterocycles. The SMILES string of the molecule is CCCCN1C(=O)C(=O)/C(=C(/O)c2ccccc2OC)C1c1cccc2ccccc12. The molecule has 1 amide bonds. The van der Waals surface area contributed by atoms with Crippen molar-refractivity contribution in [1.82, 2.24) is 4.90 Å². The van der Waals surface area contributed by atoms with E-state index < -0.39 is 17.7 Å². The van der Waals surface area contributed by atoms with Gasteiger partial charge in [-0.3, -0.25) is 9.59 Å². The first-order valence-corrected chi connectivity index (χ1v) is 10.5. The Balaban J connectivity index is 1.98. The second kappa shape index (κ2) is 8.64. The fourth-order valence-electron chi connectivity index (χ4n) is 4.24. The van der Waals surface area contributed by atoms with Crippen molar-refractivity contribution in [2.75, 3.05) is 13.7 Å². The molecule has 1 N–H and O–H groups in total. The number of nitrogens with zero attached hydrogens (tertiary/aromatic N) is 1. The Labute approximate surface area is 181 Å². The van der Waals surface area contributed by atoms with Crippen LogP contribution in [0.2, 0.25) is 0 Å². The molecule has 1 fully saturated rings. The molecule has 1 aliphatic heterocycles. The van der Waals surface area contributed by atoms with Gasteiger partial charge in [0, 0.05) is 6.54 Å². The van der Waals surface area contributed by atoms with Gasteiger partial charge in [0.2, 0.25) is 0 Å². The summed E-state index contributed by atoms with van der Waals surface area (Å²) in [5, 5.41) is 13.2. The third-order valence-corrected chi connectivity index (χ3v) is 5.77. The van der Waals surface area contributed by atoms with Crippen molar-refractivity contribution in [2.24, 2.45) is 0 Å². The van der Waals surface area contributed by atoms with E-state index in [1.54, 1.807) is 29.2 Å². The van der Waals surface area contributed by atoms with E-state index in [-0.39, 0.29) is 11.3 Å². The number of ketones is 1. The molecule has 31 heavy (non-hydrogen) atoms. The lowest BCUT2D eigenvalue weighted by atomic mass is 9.91. The Hall–Kier alpha value is -3.60. The molecule has 4 rings (SSSR count). The minimum absolute atomic E-state index is 0.0990. The fourth-order valence-corrected chi connectivity index (χ4v) is 4.24. The van der Waals surface area contributed by atoms with Gasteiger partial charge in [0.15, 0.2) is 0 Å². The standard InChI is InChI=1S/C26H25NO4/c1-3-4-16-27-23(19-14-9-11-17-10-5-6-12-18(17)19)22(25(29)26(27)30)24(28)20-13-7-8-15-21(20)31-2/h5-15,23,28H,3-4,16H2,1-2H3/b24-22+. The van der Waals surface area contributed by atoms with Crippen molar-refractivity contribution >= 4 is 28.2 Å². The Morgan fingerprint density at radius 2 is 1.71 bits per heavy atom. The summed E-state index contributed by atoms with van der Waals surface area (Å²) < 4.78 is 5.39. The van der Waals surface area contributed by atoms with Gasteiger partial charge in [-0.25, -0.2) is 0 Å². The molecule has 0 spiro atoms. The van der Waals surface area contributed by atoms with Crippen LogP contribution in [0.4, 0.5) is 0 Å². The van der Waals surface area contributed by atoms with Gasteiger partial charge >= 0.3 is 0 Å². The number of unbranched alkanes of at least 4 members (excludes halogenated alkanes) is 1. The lowest BCUT2D eigenvalue weighted by molar-refractivity contribution is -0.139. The molecule has 0 aromatic heterocycles. The largest absolute Gasteiger partial charge is 0.507 e. The molecule has 1 heterocycles. The number of ether oxygens (including phenoxy) is 1. The van der Waals surface area contributed by atoms with Crippen LogP contribution in [0.3, 0.4) is 0 Å². The van der Waals surface area contributed by atoms with Gasteiger partial charge in [-0.1, -0.05) is 67.9 Å². The number of hydrogen-bond donors (Lipinski definition) is 1. The number of aliphatic hydroxyl groups excluding tert-OH is 1. The lowest BCUT2D eigenvalue weighted by Crippen LogP contribution is -2.30. The van der Waals surface area contributed by atoms with Crippen LogP contribution in [-0.4, -0.2) is 35.4 Å². The van der Waals surface area contributed by atoms with Gasteiger partial charge in [0.1, 0.15) is 11.5 Å². The summed E-state index contributed by atoms with van der Waals surface area (Å²) in [6.45, 7) is 2.48. The van der Waals surface area contributed by atoms with E-state index in [9.17, 15) is 14.7 Å². The summed E-state index contributed by atoms with van der Waals surface area (Å²) in [5.74, 6) is -1.02. The summed E-state index contributed by atoms with van der Waals surface area (Å²) in [4.78, 5) is 27.8. The smallest absolute Gasteiger partial charge is 0.295 e. The van der Waals surface area contributed by atoms with Crippen LogP contribution in [0.25, 0.3) is 16.5 Å². The van der Waals surface area contributed by atoms with Crippen LogP contribution in [0.15, 0.2) is 72.3 Å². The summed E-state index contributed by atoms with van der Waals surface area (Å²) >= 11 is 0. The van der Waals surface area contributed by atoms with E-state index in [0.717, 1.165) is 29.2 Å². The molecule has 0 radical (unpaired) electrons. The molecule has 5 heteroatoms. The van der Waals surface area contributed by atoms with Crippen molar-refractivity contribution in [1.29, 1.82) is 0 Å². The maximum Gasteiger partial charge on any atom is 0.295 e. The van der Waals surface area contributed by atoms with Crippen LogP contribution in [0.5, 0.6) is 5.75 Å². The Bertz CT molecular complexity index is 1180. The zero-order valence-corrected chi connectivity index (χ0v) is 17.7. The lowest BCUT2D eigenvalue weighted by Gasteiger charge is -2.26. The van der Waals surface area contributed by atoms with E-state index in [0.29, 0.717) is 17.9 Å². The summed E-state index contributed by atoms with van der Waals surface area (Å²) in [6, 6.07) is 20.0. The maximum atomic E-state index is 13.2. The second-order valence-corrected chi connectivity index (χ2v) is 7.61. The number of para-hydroxylation sites is 1.